The minimum absolute atomic E-state index is 0.0207. The van der Waals surface area contributed by atoms with Gasteiger partial charge in [0.05, 0.1) is 17.1 Å². The van der Waals surface area contributed by atoms with Gasteiger partial charge in [-0.05, 0) is 56.0 Å². The van der Waals surface area contributed by atoms with Gasteiger partial charge in [0, 0.05) is 12.0 Å². The third-order valence-corrected chi connectivity index (χ3v) is 5.52. The standard InChI is InChI=1S/C22H21ClFN3O2/c1-13(2)27(22(28)18-11-17(18)14-7-9-15(24)10-8-14)12-20-25-26-21(29-20)16-5-3-4-6-19(16)23/h3-10,13,17-18H,11-12H2,1-2H3. The first kappa shape index (κ1) is 19.6. The molecule has 1 saturated carbocycles. The molecule has 1 aliphatic rings. The van der Waals surface area contributed by atoms with Crippen LogP contribution in [0.1, 0.15) is 37.6 Å². The molecule has 1 aliphatic carbocycles. The van der Waals surface area contributed by atoms with Crippen molar-refractivity contribution >= 4 is 17.5 Å². The lowest BCUT2D eigenvalue weighted by molar-refractivity contribution is -0.135. The second-order valence-electron chi connectivity index (χ2n) is 7.54. The van der Waals surface area contributed by atoms with E-state index in [1.807, 2.05) is 32.0 Å². The van der Waals surface area contributed by atoms with Gasteiger partial charge in [0.1, 0.15) is 5.82 Å². The van der Waals surface area contributed by atoms with E-state index >= 15 is 0 Å². The number of carbonyl (C=O) groups excluding carboxylic acids is 1. The zero-order valence-electron chi connectivity index (χ0n) is 16.2. The first-order chi connectivity index (χ1) is 13.9. The second-order valence-corrected chi connectivity index (χ2v) is 7.95. The molecule has 3 aromatic rings. The van der Waals surface area contributed by atoms with Crippen molar-refractivity contribution in [1.82, 2.24) is 15.1 Å². The summed E-state index contributed by atoms with van der Waals surface area (Å²) in [5.41, 5.74) is 1.65. The molecule has 0 aliphatic heterocycles. The fourth-order valence-corrected chi connectivity index (χ4v) is 3.70. The largest absolute Gasteiger partial charge is 0.419 e. The number of nitrogens with zero attached hydrogens (tertiary/aromatic N) is 3. The zero-order chi connectivity index (χ0) is 20.5. The third kappa shape index (κ3) is 4.17. The van der Waals surface area contributed by atoms with Crippen LogP contribution in [0.4, 0.5) is 4.39 Å². The normalized spacial score (nSPS) is 18.1. The number of carbonyl (C=O) groups is 1. The molecule has 0 saturated heterocycles. The van der Waals surface area contributed by atoms with Crippen LogP contribution in [0.5, 0.6) is 0 Å². The lowest BCUT2D eigenvalue weighted by Crippen LogP contribution is -2.37. The molecule has 7 heteroatoms. The molecule has 5 nitrogen and oxygen atoms in total. The van der Waals surface area contributed by atoms with Crippen LogP contribution >= 0.6 is 11.6 Å². The lowest BCUT2D eigenvalue weighted by Gasteiger charge is -2.25. The van der Waals surface area contributed by atoms with Crippen molar-refractivity contribution in [3.05, 3.63) is 70.8 Å². The highest BCUT2D eigenvalue weighted by Crippen LogP contribution is 2.48. The third-order valence-electron chi connectivity index (χ3n) is 5.19. The Morgan fingerprint density at radius 1 is 1.21 bits per heavy atom. The quantitative estimate of drug-likeness (QED) is 0.566. The maximum atomic E-state index is 13.1. The van der Waals surface area contributed by atoms with E-state index in [9.17, 15) is 9.18 Å². The summed E-state index contributed by atoms with van der Waals surface area (Å²) in [6, 6.07) is 13.6. The Morgan fingerprint density at radius 2 is 1.93 bits per heavy atom. The van der Waals surface area contributed by atoms with Crippen LogP contribution in [0.2, 0.25) is 5.02 Å². The van der Waals surface area contributed by atoms with Crippen molar-refractivity contribution in [3.63, 3.8) is 0 Å². The lowest BCUT2D eigenvalue weighted by atomic mass is 10.1. The predicted octanol–water partition coefficient (Wildman–Crippen LogP) is 5.07. The molecule has 0 radical (unpaired) electrons. The number of benzene rings is 2. The molecule has 0 bridgehead atoms. The van der Waals surface area contributed by atoms with Crippen LogP contribution in [0.3, 0.4) is 0 Å². The van der Waals surface area contributed by atoms with Gasteiger partial charge in [-0.15, -0.1) is 10.2 Å². The van der Waals surface area contributed by atoms with Crippen molar-refractivity contribution in [3.8, 4) is 11.5 Å². The highest BCUT2D eigenvalue weighted by molar-refractivity contribution is 6.33. The summed E-state index contributed by atoms with van der Waals surface area (Å²) < 4.78 is 18.9. The van der Waals surface area contributed by atoms with Crippen molar-refractivity contribution in [2.24, 2.45) is 5.92 Å². The summed E-state index contributed by atoms with van der Waals surface area (Å²) in [6.07, 6.45) is 0.766. The van der Waals surface area contributed by atoms with E-state index in [2.05, 4.69) is 10.2 Å². The molecular weight excluding hydrogens is 393 g/mol. The SMILES string of the molecule is CC(C)N(Cc1nnc(-c2ccccc2Cl)o1)C(=O)C1CC1c1ccc(F)cc1. The Labute approximate surface area is 173 Å². The van der Waals surface area contributed by atoms with Crippen LogP contribution < -0.4 is 0 Å². The molecule has 150 valence electrons. The molecule has 1 fully saturated rings. The Hall–Kier alpha value is -2.73. The Bertz CT molecular complexity index is 1020. The monoisotopic (exact) mass is 413 g/mol. The van der Waals surface area contributed by atoms with Crippen molar-refractivity contribution in [1.29, 1.82) is 0 Å². The van der Waals surface area contributed by atoms with E-state index < -0.39 is 0 Å². The van der Waals surface area contributed by atoms with Crippen molar-refractivity contribution in [2.75, 3.05) is 0 Å². The minimum atomic E-state index is -0.271. The first-order valence-corrected chi connectivity index (χ1v) is 9.95. The van der Waals surface area contributed by atoms with E-state index in [4.69, 9.17) is 16.0 Å². The topological polar surface area (TPSA) is 59.2 Å². The van der Waals surface area contributed by atoms with E-state index in [1.165, 1.54) is 12.1 Å². The van der Waals surface area contributed by atoms with Crippen molar-refractivity contribution < 1.29 is 13.6 Å². The maximum Gasteiger partial charge on any atom is 0.249 e. The average molecular weight is 414 g/mol. The molecular formula is C22H21ClFN3O2. The number of amides is 1. The molecule has 2 unspecified atom stereocenters. The molecule has 0 spiro atoms. The summed E-state index contributed by atoms with van der Waals surface area (Å²) in [5.74, 6) is 0.497. The van der Waals surface area contributed by atoms with Crippen molar-refractivity contribution in [2.45, 2.75) is 38.8 Å². The van der Waals surface area contributed by atoms with Gasteiger partial charge in [0.2, 0.25) is 17.7 Å². The molecule has 1 amide bonds. The average Bonchev–Trinajstić information content (AvgIpc) is 3.37. The minimum Gasteiger partial charge on any atom is -0.419 e. The highest BCUT2D eigenvalue weighted by atomic mass is 35.5. The van der Waals surface area contributed by atoms with Gasteiger partial charge in [-0.2, -0.15) is 0 Å². The number of hydrogen-bond acceptors (Lipinski definition) is 4. The van der Waals surface area contributed by atoms with Gasteiger partial charge >= 0.3 is 0 Å². The second kappa shape index (κ2) is 7.95. The fraction of sp³-hybridized carbons (Fsp3) is 0.318. The molecule has 2 aromatic carbocycles. The van der Waals surface area contributed by atoms with Crippen LogP contribution in [-0.4, -0.2) is 27.0 Å². The Kier molecular flexibility index (Phi) is 5.37. The smallest absolute Gasteiger partial charge is 0.249 e. The molecule has 0 N–H and O–H groups in total. The summed E-state index contributed by atoms with van der Waals surface area (Å²) in [6.45, 7) is 4.15. The van der Waals surface area contributed by atoms with Crippen LogP contribution in [0, 0.1) is 11.7 Å². The molecule has 4 rings (SSSR count). The number of halogens is 2. The molecule has 1 heterocycles. The molecule has 1 aromatic heterocycles. The van der Waals surface area contributed by atoms with Gasteiger partial charge in [0.15, 0.2) is 0 Å². The Balaban J connectivity index is 1.47. The molecule has 2 atom stereocenters. The summed E-state index contributed by atoms with van der Waals surface area (Å²) in [4.78, 5) is 14.8. The van der Waals surface area contributed by atoms with Gasteiger partial charge in [-0.3, -0.25) is 4.79 Å². The van der Waals surface area contributed by atoms with Crippen LogP contribution in [-0.2, 0) is 11.3 Å². The maximum absolute atomic E-state index is 13.1. The van der Waals surface area contributed by atoms with E-state index in [-0.39, 0.29) is 36.1 Å². The summed E-state index contributed by atoms with van der Waals surface area (Å²) in [5, 5.41) is 8.70. The van der Waals surface area contributed by atoms with Gasteiger partial charge in [-0.25, -0.2) is 4.39 Å². The van der Waals surface area contributed by atoms with Crippen LogP contribution in [0.15, 0.2) is 52.9 Å². The summed E-state index contributed by atoms with van der Waals surface area (Å²) >= 11 is 6.19. The highest BCUT2D eigenvalue weighted by Gasteiger charge is 2.46. The van der Waals surface area contributed by atoms with Gasteiger partial charge < -0.3 is 9.32 Å². The van der Waals surface area contributed by atoms with Gasteiger partial charge in [-0.1, -0.05) is 35.9 Å². The predicted molar refractivity (Wildman–Crippen MR) is 108 cm³/mol. The van der Waals surface area contributed by atoms with E-state index in [1.54, 1.807) is 23.1 Å². The Morgan fingerprint density at radius 3 is 2.62 bits per heavy atom. The number of rotatable bonds is 6. The molecule has 29 heavy (non-hydrogen) atoms. The number of hydrogen-bond donors (Lipinski definition) is 0. The van der Waals surface area contributed by atoms with E-state index in [0.29, 0.717) is 22.4 Å². The van der Waals surface area contributed by atoms with E-state index in [0.717, 1.165) is 12.0 Å². The van der Waals surface area contributed by atoms with Gasteiger partial charge in [0.25, 0.3) is 0 Å². The zero-order valence-corrected chi connectivity index (χ0v) is 16.9. The first-order valence-electron chi connectivity index (χ1n) is 9.57. The fourth-order valence-electron chi connectivity index (χ4n) is 3.48. The summed E-state index contributed by atoms with van der Waals surface area (Å²) in [7, 11) is 0. The van der Waals surface area contributed by atoms with Crippen LogP contribution in [0.25, 0.3) is 11.5 Å². The number of aromatic nitrogens is 2.